The van der Waals surface area contributed by atoms with Crippen LogP contribution in [0.3, 0.4) is 0 Å². The number of amidine groups is 1. The van der Waals surface area contributed by atoms with Gasteiger partial charge in [-0.05, 0) is 37.3 Å². The lowest BCUT2D eigenvalue weighted by molar-refractivity contribution is -0.327. The van der Waals surface area contributed by atoms with Crippen LogP contribution in [0.15, 0.2) is 36.0 Å². The molecule has 25 heavy (non-hydrogen) atoms. The van der Waals surface area contributed by atoms with Crippen LogP contribution in [0.1, 0.15) is 6.92 Å². The molecule has 1 aliphatic rings. The SMILES string of the molecule is CC1=CC(C(F)(F)F)(C(F)(F)F)C(C#N)C(=N)N1c1ccc(Cl)cc1. The highest BCUT2D eigenvalue weighted by molar-refractivity contribution is 6.30. The van der Waals surface area contributed by atoms with E-state index in [0.29, 0.717) is 5.02 Å². The van der Waals surface area contributed by atoms with Crippen molar-refractivity contribution in [2.75, 3.05) is 4.90 Å². The van der Waals surface area contributed by atoms with Gasteiger partial charge in [-0.2, -0.15) is 31.6 Å². The first-order chi connectivity index (χ1) is 11.4. The highest BCUT2D eigenvalue weighted by atomic mass is 35.5. The molecule has 0 spiro atoms. The van der Waals surface area contributed by atoms with Crippen LogP contribution in [-0.4, -0.2) is 18.2 Å². The van der Waals surface area contributed by atoms with Gasteiger partial charge in [0.2, 0.25) is 5.41 Å². The first-order valence-corrected chi connectivity index (χ1v) is 7.11. The predicted octanol–water partition coefficient (Wildman–Crippen LogP) is 5.29. The third kappa shape index (κ3) is 2.84. The zero-order valence-electron chi connectivity index (χ0n) is 12.5. The number of nitrogens with one attached hydrogen (secondary N) is 1. The van der Waals surface area contributed by atoms with E-state index in [9.17, 15) is 26.3 Å². The topological polar surface area (TPSA) is 50.9 Å². The van der Waals surface area contributed by atoms with E-state index in [1.165, 1.54) is 24.3 Å². The Kier molecular flexibility index (Phi) is 4.55. The first kappa shape index (κ1) is 19.1. The van der Waals surface area contributed by atoms with Crippen LogP contribution in [0.25, 0.3) is 0 Å². The Hall–Kier alpha value is -2.21. The Morgan fingerprint density at radius 2 is 1.60 bits per heavy atom. The number of benzene rings is 1. The van der Waals surface area contributed by atoms with Gasteiger partial charge >= 0.3 is 12.4 Å². The van der Waals surface area contributed by atoms with Crippen LogP contribution in [-0.2, 0) is 0 Å². The zero-order chi connectivity index (χ0) is 19.2. The smallest absolute Gasteiger partial charge is 0.302 e. The molecule has 1 aromatic rings. The van der Waals surface area contributed by atoms with Crippen molar-refractivity contribution < 1.29 is 26.3 Å². The maximum Gasteiger partial charge on any atom is 0.408 e. The number of halogens is 7. The Morgan fingerprint density at radius 1 is 1.12 bits per heavy atom. The first-order valence-electron chi connectivity index (χ1n) is 6.73. The minimum Gasteiger partial charge on any atom is -0.302 e. The van der Waals surface area contributed by atoms with Crippen LogP contribution < -0.4 is 4.90 Å². The molecule has 1 atom stereocenters. The lowest BCUT2D eigenvalue weighted by atomic mass is 9.70. The van der Waals surface area contributed by atoms with E-state index in [1.54, 1.807) is 0 Å². The highest BCUT2D eigenvalue weighted by Crippen LogP contribution is 2.58. The molecule has 0 aromatic heterocycles. The largest absolute Gasteiger partial charge is 0.408 e. The standard InChI is InChI=1S/C15H10ClF6N3/c1-8-6-13(14(17,18)19,15(20,21)22)11(7-23)12(24)25(8)10-4-2-9(16)3-5-10/h2-6,11,24H,1H3. The summed E-state index contributed by atoms with van der Waals surface area (Å²) in [5.74, 6) is -3.90. The van der Waals surface area contributed by atoms with E-state index >= 15 is 0 Å². The zero-order valence-corrected chi connectivity index (χ0v) is 13.3. The molecule has 134 valence electrons. The fourth-order valence-electron chi connectivity index (χ4n) is 2.76. The number of allylic oxidation sites excluding steroid dienone is 2. The summed E-state index contributed by atoms with van der Waals surface area (Å²) < 4.78 is 80.5. The Balaban J connectivity index is 2.74. The van der Waals surface area contributed by atoms with Gasteiger partial charge in [0.05, 0.1) is 6.07 Å². The summed E-state index contributed by atoms with van der Waals surface area (Å²) in [4.78, 5) is 0.861. The predicted molar refractivity (Wildman–Crippen MR) is 79.1 cm³/mol. The molecule has 1 aromatic carbocycles. The second kappa shape index (κ2) is 5.95. The molecule has 1 unspecified atom stereocenters. The van der Waals surface area contributed by atoms with Crippen molar-refractivity contribution in [1.82, 2.24) is 0 Å². The van der Waals surface area contributed by atoms with Gasteiger partial charge in [0, 0.05) is 16.4 Å². The molecule has 2 rings (SSSR count). The maximum atomic E-state index is 13.4. The van der Waals surface area contributed by atoms with Crippen LogP contribution >= 0.6 is 11.6 Å². The highest BCUT2D eigenvalue weighted by Gasteiger charge is 2.75. The molecule has 1 heterocycles. The minimum atomic E-state index is -5.80. The number of alkyl halides is 6. The van der Waals surface area contributed by atoms with Crippen molar-refractivity contribution in [3.63, 3.8) is 0 Å². The number of hydrogen-bond acceptors (Lipinski definition) is 2. The minimum absolute atomic E-state index is 0.0342. The van der Waals surface area contributed by atoms with Gasteiger partial charge in [0.15, 0.2) is 0 Å². The van der Waals surface area contributed by atoms with Crippen LogP contribution in [0, 0.1) is 28.1 Å². The molecule has 0 radical (unpaired) electrons. The molecule has 0 amide bonds. The van der Waals surface area contributed by atoms with E-state index < -0.39 is 35.2 Å². The molecule has 0 bridgehead atoms. The van der Waals surface area contributed by atoms with Gasteiger partial charge in [-0.15, -0.1) is 0 Å². The summed E-state index contributed by atoms with van der Waals surface area (Å²) >= 11 is 5.71. The van der Waals surface area contributed by atoms with Crippen LogP contribution in [0.4, 0.5) is 32.0 Å². The average molecular weight is 382 g/mol. The van der Waals surface area contributed by atoms with Gasteiger partial charge in [-0.3, -0.25) is 5.41 Å². The van der Waals surface area contributed by atoms with Crippen molar-refractivity contribution in [1.29, 1.82) is 10.7 Å². The second-order valence-electron chi connectivity index (χ2n) is 5.41. The van der Waals surface area contributed by atoms with E-state index in [-0.39, 0.29) is 11.8 Å². The molecule has 0 aliphatic carbocycles. The number of nitriles is 1. The molecular weight excluding hydrogens is 372 g/mol. The number of anilines is 1. The fourth-order valence-corrected chi connectivity index (χ4v) is 2.89. The monoisotopic (exact) mass is 381 g/mol. The normalized spacial score (nSPS) is 20.9. The molecule has 0 saturated carbocycles. The van der Waals surface area contributed by atoms with Crippen LogP contribution in [0.5, 0.6) is 0 Å². The maximum absolute atomic E-state index is 13.4. The van der Waals surface area contributed by atoms with Crippen LogP contribution in [0.2, 0.25) is 5.02 Å². The van der Waals surface area contributed by atoms with E-state index in [2.05, 4.69) is 0 Å². The lowest BCUT2D eigenvalue weighted by Crippen LogP contribution is -2.60. The van der Waals surface area contributed by atoms with Gasteiger partial charge in [-0.1, -0.05) is 11.6 Å². The summed E-state index contributed by atoms with van der Waals surface area (Å²) in [6.45, 7) is 1.02. The average Bonchev–Trinajstić information content (AvgIpc) is 2.46. The van der Waals surface area contributed by atoms with Crippen molar-refractivity contribution >= 4 is 23.1 Å². The summed E-state index contributed by atoms with van der Waals surface area (Å²) in [6.07, 6.45) is -11.6. The van der Waals surface area contributed by atoms with Crippen molar-refractivity contribution in [2.24, 2.45) is 11.3 Å². The van der Waals surface area contributed by atoms with Gasteiger partial charge in [-0.25, -0.2) is 0 Å². The van der Waals surface area contributed by atoms with Gasteiger partial charge in [0.25, 0.3) is 0 Å². The fraction of sp³-hybridized carbons (Fsp3) is 0.333. The number of hydrogen-bond donors (Lipinski definition) is 1. The third-order valence-electron chi connectivity index (χ3n) is 3.91. The Bertz CT molecular complexity index is 743. The summed E-state index contributed by atoms with van der Waals surface area (Å²) in [5, 5.41) is 17.2. The van der Waals surface area contributed by atoms with Crippen molar-refractivity contribution in [3.8, 4) is 6.07 Å². The summed E-state index contributed by atoms with van der Waals surface area (Å²) in [6, 6.07) is 6.41. The Labute approximate surface area is 143 Å². The number of nitrogens with zero attached hydrogens (tertiary/aromatic N) is 2. The number of rotatable bonds is 1. The van der Waals surface area contributed by atoms with E-state index in [4.69, 9.17) is 22.3 Å². The molecule has 1 N–H and O–H groups in total. The molecule has 10 heteroatoms. The summed E-state index contributed by atoms with van der Waals surface area (Å²) in [7, 11) is 0. The van der Waals surface area contributed by atoms with Gasteiger partial charge < -0.3 is 4.90 Å². The summed E-state index contributed by atoms with van der Waals surface area (Å²) in [5.41, 5.74) is -4.78. The molecule has 0 saturated heterocycles. The molecule has 1 aliphatic heterocycles. The van der Waals surface area contributed by atoms with E-state index in [0.717, 1.165) is 17.9 Å². The Morgan fingerprint density at radius 3 is 2.00 bits per heavy atom. The molecule has 0 fully saturated rings. The van der Waals surface area contributed by atoms with E-state index in [1.807, 2.05) is 0 Å². The molecule has 3 nitrogen and oxygen atoms in total. The lowest BCUT2D eigenvalue weighted by Gasteiger charge is -2.45. The van der Waals surface area contributed by atoms with Crippen molar-refractivity contribution in [3.05, 3.63) is 41.1 Å². The van der Waals surface area contributed by atoms with Crippen molar-refractivity contribution in [2.45, 2.75) is 19.3 Å². The second-order valence-corrected chi connectivity index (χ2v) is 5.85. The quantitative estimate of drug-likeness (QED) is 0.672. The van der Waals surface area contributed by atoms with Gasteiger partial charge in [0.1, 0.15) is 11.8 Å². The third-order valence-corrected chi connectivity index (χ3v) is 4.16. The molecular formula is C15H10ClF6N3.